The van der Waals surface area contributed by atoms with Gasteiger partial charge in [-0.3, -0.25) is 9.69 Å². The van der Waals surface area contributed by atoms with Gasteiger partial charge in [0.25, 0.3) is 5.91 Å². The summed E-state index contributed by atoms with van der Waals surface area (Å²) in [6.07, 6.45) is 1.51. The highest BCUT2D eigenvalue weighted by molar-refractivity contribution is 6.36. The third-order valence-corrected chi connectivity index (χ3v) is 4.19. The number of nitrogens with zero attached hydrogens (tertiary/aromatic N) is 2. The predicted molar refractivity (Wildman–Crippen MR) is 92.8 cm³/mol. The fourth-order valence-electron chi connectivity index (χ4n) is 2.53. The Kier molecular flexibility index (Phi) is 4.96. The first kappa shape index (κ1) is 16.0. The van der Waals surface area contributed by atoms with Gasteiger partial charge in [-0.05, 0) is 23.3 Å². The molecule has 2 aromatic rings. The molecule has 4 nitrogen and oxygen atoms in total. The van der Waals surface area contributed by atoms with Crippen LogP contribution in [0.15, 0.2) is 47.6 Å². The first-order chi connectivity index (χ1) is 11.1. The van der Waals surface area contributed by atoms with Crippen LogP contribution in [0.2, 0.25) is 10.0 Å². The average molecular weight is 348 g/mol. The van der Waals surface area contributed by atoms with Gasteiger partial charge in [0, 0.05) is 23.7 Å². The van der Waals surface area contributed by atoms with Crippen molar-refractivity contribution in [3.05, 3.63) is 69.2 Å². The second kappa shape index (κ2) is 7.13. The second-order valence-corrected chi connectivity index (χ2v) is 6.22. The first-order valence-electron chi connectivity index (χ1n) is 7.18. The summed E-state index contributed by atoms with van der Waals surface area (Å²) in [5, 5.41) is 5.00. The van der Waals surface area contributed by atoms with Crippen LogP contribution in [0.25, 0.3) is 0 Å². The molecule has 1 N–H and O–H groups in total. The lowest BCUT2D eigenvalue weighted by Crippen LogP contribution is -2.32. The van der Waals surface area contributed by atoms with E-state index >= 15 is 0 Å². The van der Waals surface area contributed by atoms with Crippen molar-refractivity contribution < 1.29 is 4.79 Å². The largest absolute Gasteiger partial charge is 0.286 e. The fraction of sp³-hybridized carbons (Fsp3) is 0.176. The number of nitrogens with one attached hydrogen (secondary N) is 1. The molecule has 0 unspecified atom stereocenters. The standard InChI is InChI=1S/C17H15Cl2N3O/c18-15-6-5-12(16(19)7-15)8-20-21-17(23)11-22-9-13-3-1-2-4-14(13)10-22/h1-8H,9-11H2,(H,21,23)/b20-8-. The van der Waals surface area contributed by atoms with E-state index in [-0.39, 0.29) is 5.91 Å². The van der Waals surface area contributed by atoms with E-state index in [1.165, 1.54) is 17.3 Å². The van der Waals surface area contributed by atoms with Crippen molar-refractivity contribution in [2.75, 3.05) is 6.54 Å². The molecular formula is C17H15Cl2N3O. The summed E-state index contributed by atoms with van der Waals surface area (Å²) in [6.45, 7) is 1.88. The fourth-order valence-corrected chi connectivity index (χ4v) is 2.99. The van der Waals surface area contributed by atoms with E-state index in [2.05, 4.69) is 27.6 Å². The number of fused-ring (bicyclic) bond motifs is 1. The number of carbonyl (C=O) groups is 1. The van der Waals surface area contributed by atoms with Gasteiger partial charge in [0.2, 0.25) is 0 Å². The number of rotatable bonds is 4. The molecule has 0 saturated heterocycles. The zero-order valence-electron chi connectivity index (χ0n) is 12.3. The molecular weight excluding hydrogens is 333 g/mol. The van der Waals surface area contributed by atoms with Crippen molar-refractivity contribution in [3.63, 3.8) is 0 Å². The summed E-state index contributed by atoms with van der Waals surface area (Å²) in [7, 11) is 0. The maximum absolute atomic E-state index is 12.0. The van der Waals surface area contributed by atoms with Gasteiger partial charge in [-0.1, -0.05) is 53.5 Å². The SMILES string of the molecule is O=C(CN1Cc2ccccc2C1)N/N=C\c1ccc(Cl)cc1Cl. The van der Waals surface area contributed by atoms with Gasteiger partial charge in [-0.15, -0.1) is 0 Å². The molecule has 2 aromatic carbocycles. The van der Waals surface area contributed by atoms with Crippen molar-refractivity contribution in [1.82, 2.24) is 10.3 Å². The number of hydrogen-bond donors (Lipinski definition) is 1. The molecule has 0 aliphatic carbocycles. The van der Waals surface area contributed by atoms with Gasteiger partial charge in [0.15, 0.2) is 0 Å². The lowest BCUT2D eigenvalue weighted by molar-refractivity contribution is -0.122. The molecule has 0 bridgehead atoms. The number of hydrazone groups is 1. The van der Waals surface area contributed by atoms with Crippen molar-refractivity contribution in [2.45, 2.75) is 13.1 Å². The van der Waals surface area contributed by atoms with E-state index in [4.69, 9.17) is 23.2 Å². The van der Waals surface area contributed by atoms with Crippen LogP contribution in [-0.2, 0) is 17.9 Å². The van der Waals surface area contributed by atoms with Crippen LogP contribution in [0, 0.1) is 0 Å². The molecule has 118 valence electrons. The Bertz CT molecular complexity index is 736. The molecule has 0 radical (unpaired) electrons. The van der Waals surface area contributed by atoms with E-state index in [9.17, 15) is 4.79 Å². The predicted octanol–water partition coefficient (Wildman–Crippen LogP) is 3.46. The highest BCUT2D eigenvalue weighted by Crippen LogP contribution is 2.21. The maximum atomic E-state index is 12.0. The normalized spacial score (nSPS) is 14.2. The molecule has 1 heterocycles. The molecule has 1 aliphatic rings. The third kappa shape index (κ3) is 4.10. The quantitative estimate of drug-likeness (QED) is 0.679. The van der Waals surface area contributed by atoms with E-state index in [0.29, 0.717) is 22.2 Å². The minimum absolute atomic E-state index is 0.154. The molecule has 3 rings (SSSR count). The number of benzene rings is 2. The summed E-state index contributed by atoms with van der Waals surface area (Å²) in [4.78, 5) is 14.0. The van der Waals surface area contributed by atoms with E-state index < -0.39 is 0 Å². The van der Waals surface area contributed by atoms with Crippen molar-refractivity contribution in [2.24, 2.45) is 5.10 Å². The van der Waals surface area contributed by atoms with Gasteiger partial charge in [-0.25, -0.2) is 5.43 Å². The van der Waals surface area contributed by atoms with Crippen LogP contribution in [0.5, 0.6) is 0 Å². The summed E-state index contributed by atoms with van der Waals surface area (Å²) in [5.41, 5.74) is 5.77. The number of carbonyl (C=O) groups excluding carboxylic acids is 1. The molecule has 6 heteroatoms. The molecule has 0 spiro atoms. The molecule has 0 saturated carbocycles. The monoisotopic (exact) mass is 347 g/mol. The molecule has 1 amide bonds. The zero-order chi connectivity index (χ0) is 16.2. The van der Waals surface area contributed by atoms with E-state index in [1.54, 1.807) is 18.2 Å². The van der Waals surface area contributed by atoms with Gasteiger partial charge in [-0.2, -0.15) is 5.10 Å². The van der Waals surface area contributed by atoms with Crippen molar-refractivity contribution >= 4 is 35.3 Å². The lowest BCUT2D eigenvalue weighted by Gasteiger charge is -2.12. The third-order valence-electron chi connectivity index (χ3n) is 3.63. The molecule has 1 aliphatic heterocycles. The Morgan fingerprint density at radius 2 is 1.87 bits per heavy atom. The second-order valence-electron chi connectivity index (χ2n) is 5.37. The van der Waals surface area contributed by atoms with Crippen LogP contribution >= 0.6 is 23.2 Å². The van der Waals surface area contributed by atoms with Crippen LogP contribution in [0.4, 0.5) is 0 Å². The van der Waals surface area contributed by atoms with E-state index in [1.807, 2.05) is 12.1 Å². The summed E-state index contributed by atoms with van der Waals surface area (Å²) in [6, 6.07) is 13.3. The van der Waals surface area contributed by atoms with Crippen LogP contribution in [0.3, 0.4) is 0 Å². The molecule has 0 aromatic heterocycles. The zero-order valence-corrected chi connectivity index (χ0v) is 13.8. The average Bonchev–Trinajstić information content (AvgIpc) is 2.91. The van der Waals surface area contributed by atoms with Crippen LogP contribution in [0.1, 0.15) is 16.7 Å². The topological polar surface area (TPSA) is 44.7 Å². The smallest absolute Gasteiger partial charge is 0.254 e. The summed E-state index contributed by atoms with van der Waals surface area (Å²) in [5.74, 6) is -0.154. The number of amides is 1. The first-order valence-corrected chi connectivity index (χ1v) is 7.93. The molecule has 0 fully saturated rings. The maximum Gasteiger partial charge on any atom is 0.254 e. The highest BCUT2D eigenvalue weighted by Gasteiger charge is 2.19. The minimum Gasteiger partial charge on any atom is -0.286 e. The molecule has 23 heavy (non-hydrogen) atoms. The minimum atomic E-state index is -0.154. The Balaban J connectivity index is 1.52. The number of halogens is 2. The van der Waals surface area contributed by atoms with Crippen LogP contribution in [-0.4, -0.2) is 23.6 Å². The van der Waals surface area contributed by atoms with Gasteiger partial charge in [0.05, 0.1) is 17.8 Å². The summed E-state index contributed by atoms with van der Waals surface area (Å²) < 4.78 is 0. The van der Waals surface area contributed by atoms with Gasteiger partial charge in [0.1, 0.15) is 0 Å². The Morgan fingerprint density at radius 1 is 1.17 bits per heavy atom. The Hall–Kier alpha value is -1.88. The Labute approximate surface area is 144 Å². The lowest BCUT2D eigenvalue weighted by atomic mass is 10.1. The van der Waals surface area contributed by atoms with Gasteiger partial charge < -0.3 is 0 Å². The van der Waals surface area contributed by atoms with Crippen molar-refractivity contribution in [1.29, 1.82) is 0 Å². The van der Waals surface area contributed by atoms with Crippen LogP contribution < -0.4 is 5.43 Å². The Morgan fingerprint density at radius 3 is 2.52 bits per heavy atom. The molecule has 0 atom stereocenters. The number of hydrogen-bond acceptors (Lipinski definition) is 3. The van der Waals surface area contributed by atoms with E-state index in [0.717, 1.165) is 13.1 Å². The highest BCUT2D eigenvalue weighted by atomic mass is 35.5. The summed E-state index contributed by atoms with van der Waals surface area (Å²) >= 11 is 11.9. The van der Waals surface area contributed by atoms with Gasteiger partial charge >= 0.3 is 0 Å². The van der Waals surface area contributed by atoms with Crippen molar-refractivity contribution in [3.8, 4) is 0 Å².